The number of hydrogen-bond acceptors (Lipinski definition) is 3. The van der Waals surface area contributed by atoms with Gasteiger partial charge in [0.15, 0.2) is 0 Å². The first-order valence-corrected chi connectivity index (χ1v) is 4.84. The summed E-state index contributed by atoms with van der Waals surface area (Å²) in [5, 5.41) is 10.9. The van der Waals surface area contributed by atoms with E-state index in [4.69, 9.17) is 5.73 Å². The van der Waals surface area contributed by atoms with Gasteiger partial charge in [-0.1, -0.05) is 25.5 Å². The van der Waals surface area contributed by atoms with Gasteiger partial charge in [-0.3, -0.25) is 10.1 Å². The van der Waals surface area contributed by atoms with Crippen molar-refractivity contribution < 1.29 is 4.92 Å². The summed E-state index contributed by atoms with van der Waals surface area (Å²) in [6.45, 7) is 6.13. The van der Waals surface area contributed by atoms with Crippen molar-refractivity contribution in [2.24, 2.45) is 5.73 Å². The minimum Gasteiger partial charge on any atom is -0.330 e. The summed E-state index contributed by atoms with van der Waals surface area (Å²) in [6.07, 6.45) is 0. The van der Waals surface area contributed by atoms with E-state index in [0.717, 1.165) is 5.56 Å². The molecule has 0 unspecified atom stereocenters. The Bertz CT molecular complexity index is 386. The number of hydrogen-bond donors (Lipinski definition) is 1. The highest BCUT2D eigenvalue weighted by atomic mass is 16.6. The molecule has 0 bridgehead atoms. The zero-order chi connectivity index (χ0) is 11.6. The summed E-state index contributed by atoms with van der Waals surface area (Å²) in [6, 6.07) is 5.13. The number of benzene rings is 1. The lowest BCUT2D eigenvalue weighted by Gasteiger charge is -2.22. The first-order valence-electron chi connectivity index (χ1n) is 4.84. The van der Waals surface area contributed by atoms with Crippen molar-refractivity contribution in [2.75, 3.05) is 6.54 Å². The maximum absolute atomic E-state index is 10.9. The van der Waals surface area contributed by atoms with Gasteiger partial charge in [-0.05, 0) is 13.0 Å². The van der Waals surface area contributed by atoms with Crippen molar-refractivity contribution in [2.45, 2.75) is 26.2 Å². The summed E-state index contributed by atoms with van der Waals surface area (Å²) >= 11 is 0. The Labute approximate surface area is 89.2 Å². The van der Waals surface area contributed by atoms with Crippen LogP contribution < -0.4 is 5.73 Å². The van der Waals surface area contributed by atoms with Crippen LogP contribution in [-0.4, -0.2) is 11.5 Å². The molecule has 1 rings (SSSR count). The standard InChI is InChI=1S/C11H16N2O2/c1-8-4-5-10(13(14)15)9(6-8)11(2,3)7-12/h4-6H,7,12H2,1-3H3. The number of rotatable bonds is 3. The second-order valence-electron chi connectivity index (χ2n) is 4.37. The summed E-state index contributed by atoms with van der Waals surface area (Å²) in [7, 11) is 0. The monoisotopic (exact) mass is 208 g/mol. The van der Waals surface area contributed by atoms with E-state index in [2.05, 4.69) is 0 Å². The molecule has 0 atom stereocenters. The third kappa shape index (κ3) is 2.33. The van der Waals surface area contributed by atoms with Gasteiger partial charge < -0.3 is 5.73 Å². The Morgan fingerprint density at radius 1 is 1.47 bits per heavy atom. The lowest BCUT2D eigenvalue weighted by Crippen LogP contribution is -2.29. The number of nitrogens with zero attached hydrogens (tertiary/aromatic N) is 1. The van der Waals surface area contributed by atoms with Crippen LogP contribution in [0.4, 0.5) is 5.69 Å². The molecule has 2 N–H and O–H groups in total. The van der Waals surface area contributed by atoms with E-state index in [1.165, 1.54) is 0 Å². The third-order valence-electron chi connectivity index (χ3n) is 2.59. The molecule has 1 aromatic rings. The van der Waals surface area contributed by atoms with Crippen LogP contribution in [0.25, 0.3) is 0 Å². The average molecular weight is 208 g/mol. The summed E-state index contributed by atoms with van der Waals surface area (Å²) in [5.41, 5.74) is 7.13. The van der Waals surface area contributed by atoms with Crippen LogP contribution in [0, 0.1) is 17.0 Å². The van der Waals surface area contributed by atoms with Crippen molar-refractivity contribution in [3.8, 4) is 0 Å². The molecule has 82 valence electrons. The molecule has 0 saturated heterocycles. The smallest absolute Gasteiger partial charge is 0.273 e. The molecule has 0 saturated carbocycles. The van der Waals surface area contributed by atoms with E-state index in [-0.39, 0.29) is 16.0 Å². The number of nitrogens with two attached hydrogens (primary N) is 1. The van der Waals surface area contributed by atoms with E-state index in [9.17, 15) is 10.1 Å². The quantitative estimate of drug-likeness (QED) is 0.611. The topological polar surface area (TPSA) is 69.2 Å². The number of aryl methyl sites for hydroxylation is 1. The molecule has 0 heterocycles. The van der Waals surface area contributed by atoms with Crippen molar-refractivity contribution in [3.05, 3.63) is 39.4 Å². The Morgan fingerprint density at radius 3 is 2.53 bits per heavy atom. The molecule has 0 aliphatic carbocycles. The van der Waals surface area contributed by atoms with E-state index in [1.54, 1.807) is 12.1 Å². The van der Waals surface area contributed by atoms with Gasteiger partial charge in [0.05, 0.1) is 4.92 Å². The van der Waals surface area contributed by atoms with Gasteiger partial charge in [0, 0.05) is 23.6 Å². The van der Waals surface area contributed by atoms with Gasteiger partial charge in [0.25, 0.3) is 5.69 Å². The number of nitro groups is 1. The highest BCUT2D eigenvalue weighted by Crippen LogP contribution is 2.31. The fourth-order valence-electron chi connectivity index (χ4n) is 1.46. The van der Waals surface area contributed by atoms with Crippen LogP contribution in [0.2, 0.25) is 0 Å². The van der Waals surface area contributed by atoms with Crippen molar-refractivity contribution in [1.29, 1.82) is 0 Å². The molecule has 0 amide bonds. The number of nitro benzene ring substituents is 1. The van der Waals surface area contributed by atoms with Crippen LogP contribution in [-0.2, 0) is 5.41 Å². The minimum atomic E-state index is -0.367. The van der Waals surface area contributed by atoms with E-state index >= 15 is 0 Å². The van der Waals surface area contributed by atoms with Gasteiger partial charge in [-0.25, -0.2) is 0 Å². The van der Waals surface area contributed by atoms with Gasteiger partial charge in [-0.15, -0.1) is 0 Å². The molecule has 0 radical (unpaired) electrons. The molecule has 0 aromatic heterocycles. The first-order chi connectivity index (χ1) is 6.88. The lowest BCUT2D eigenvalue weighted by molar-refractivity contribution is -0.386. The molecule has 0 spiro atoms. The predicted octanol–water partition coefficient (Wildman–Crippen LogP) is 2.14. The molecule has 0 fully saturated rings. The summed E-state index contributed by atoms with van der Waals surface area (Å²) in [4.78, 5) is 10.5. The zero-order valence-electron chi connectivity index (χ0n) is 9.28. The van der Waals surface area contributed by atoms with Crippen LogP contribution >= 0.6 is 0 Å². The van der Waals surface area contributed by atoms with Crippen molar-refractivity contribution >= 4 is 5.69 Å². The van der Waals surface area contributed by atoms with Crippen LogP contribution in [0.5, 0.6) is 0 Å². The molecule has 0 aliphatic heterocycles. The second kappa shape index (κ2) is 3.98. The molecule has 4 heteroatoms. The Balaban J connectivity index is 3.37. The largest absolute Gasteiger partial charge is 0.330 e. The maximum Gasteiger partial charge on any atom is 0.273 e. The Hall–Kier alpha value is -1.42. The Kier molecular flexibility index (Phi) is 3.09. The van der Waals surface area contributed by atoms with Gasteiger partial charge in [0.1, 0.15) is 0 Å². The highest BCUT2D eigenvalue weighted by Gasteiger charge is 2.27. The minimum absolute atomic E-state index is 0.149. The normalized spacial score (nSPS) is 11.5. The Morgan fingerprint density at radius 2 is 2.07 bits per heavy atom. The molecule has 1 aromatic carbocycles. The van der Waals surface area contributed by atoms with Gasteiger partial charge in [0.2, 0.25) is 0 Å². The summed E-state index contributed by atoms with van der Waals surface area (Å²) in [5.74, 6) is 0. The van der Waals surface area contributed by atoms with Crippen LogP contribution in [0.15, 0.2) is 18.2 Å². The van der Waals surface area contributed by atoms with Crippen molar-refractivity contribution in [1.82, 2.24) is 0 Å². The van der Waals surface area contributed by atoms with Gasteiger partial charge in [-0.2, -0.15) is 0 Å². The van der Waals surface area contributed by atoms with Crippen LogP contribution in [0.3, 0.4) is 0 Å². The third-order valence-corrected chi connectivity index (χ3v) is 2.59. The average Bonchev–Trinajstić information content (AvgIpc) is 2.17. The van der Waals surface area contributed by atoms with Gasteiger partial charge >= 0.3 is 0 Å². The molecule has 0 aliphatic rings. The van der Waals surface area contributed by atoms with E-state index in [0.29, 0.717) is 12.1 Å². The van der Waals surface area contributed by atoms with Crippen LogP contribution in [0.1, 0.15) is 25.0 Å². The molecule has 15 heavy (non-hydrogen) atoms. The fourth-order valence-corrected chi connectivity index (χ4v) is 1.46. The summed E-state index contributed by atoms with van der Waals surface area (Å²) < 4.78 is 0. The lowest BCUT2D eigenvalue weighted by atomic mass is 9.83. The second-order valence-corrected chi connectivity index (χ2v) is 4.37. The highest BCUT2D eigenvalue weighted by molar-refractivity contribution is 5.47. The zero-order valence-corrected chi connectivity index (χ0v) is 9.28. The van der Waals surface area contributed by atoms with E-state index in [1.807, 2.05) is 26.8 Å². The van der Waals surface area contributed by atoms with E-state index < -0.39 is 0 Å². The molecular weight excluding hydrogens is 192 g/mol. The molecule has 4 nitrogen and oxygen atoms in total. The SMILES string of the molecule is Cc1ccc([N+](=O)[O-])c(C(C)(C)CN)c1. The fraction of sp³-hybridized carbons (Fsp3) is 0.455. The first kappa shape index (κ1) is 11.7. The maximum atomic E-state index is 10.9. The predicted molar refractivity (Wildman–Crippen MR) is 59.9 cm³/mol. The van der Waals surface area contributed by atoms with Crippen molar-refractivity contribution in [3.63, 3.8) is 0 Å². The molecular formula is C11H16N2O2.